The molecule has 25 heavy (non-hydrogen) atoms. The fourth-order valence-corrected chi connectivity index (χ4v) is 2.77. The Morgan fingerprint density at radius 2 is 1.84 bits per heavy atom. The maximum absolute atomic E-state index is 12.9. The first-order chi connectivity index (χ1) is 12.2. The first kappa shape index (κ1) is 15.1. The second-order valence-electron chi connectivity index (χ2n) is 5.86. The van der Waals surface area contributed by atoms with Gasteiger partial charge in [0.1, 0.15) is 6.26 Å². The molecule has 6 heteroatoms. The van der Waals surface area contributed by atoms with Gasteiger partial charge in [0.2, 0.25) is 5.66 Å². The van der Waals surface area contributed by atoms with E-state index in [0.29, 0.717) is 5.69 Å². The van der Waals surface area contributed by atoms with Crippen molar-refractivity contribution in [2.24, 2.45) is 4.99 Å². The normalized spacial score (nSPS) is 19.4. The van der Waals surface area contributed by atoms with Gasteiger partial charge in [-0.05, 0) is 13.0 Å². The Kier molecular flexibility index (Phi) is 3.57. The third kappa shape index (κ3) is 2.78. The summed E-state index contributed by atoms with van der Waals surface area (Å²) >= 11 is 0. The Morgan fingerprint density at radius 3 is 2.60 bits per heavy atom. The summed E-state index contributed by atoms with van der Waals surface area (Å²) < 4.78 is 5.24. The first-order valence-electron chi connectivity index (χ1n) is 7.89. The summed E-state index contributed by atoms with van der Waals surface area (Å²) in [6, 6.07) is 17.6. The molecule has 124 valence electrons. The monoisotopic (exact) mass is 332 g/mol. The van der Waals surface area contributed by atoms with Crippen molar-refractivity contribution in [1.82, 2.24) is 4.98 Å². The summed E-state index contributed by atoms with van der Waals surface area (Å²) in [5.74, 6) is -0.288. The van der Waals surface area contributed by atoms with Gasteiger partial charge >= 0.3 is 0 Å². The van der Waals surface area contributed by atoms with Gasteiger partial charge in [-0.3, -0.25) is 4.79 Å². The number of carbonyl (C=O) groups excluding carboxylic acids is 1. The number of nitrogens with one attached hydrogen (secondary N) is 2. The van der Waals surface area contributed by atoms with Crippen LogP contribution in [0.15, 0.2) is 76.5 Å². The van der Waals surface area contributed by atoms with Crippen LogP contribution in [0.2, 0.25) is 0 Å². The van der Waals surface area contributed by atoms with Crippen LogP contribution < -0.4 is 10.6 Å². The molecule has 0 radical (unpaired) electrons. The van der Waals surface area contributed by atoms with Crippen LogP contribution >= 0.6 is 0 Å². The molecule has 1 aliphatic rings. The third-order valence-corrected chi connectivity index (χ3v) is 4.04. The number of rotatable bonds is 3. The van der Waals surface area contributed by atoms with Gasteiger partial charge in [0.05, 0.1) is 17.6 Å². The molecular weight excluding hydrogens is 316 g/mol. The third-order valence-electron chi connectivity index (χ3n) is 4.04. The molecule has 2 N–H and O–H groups in total. The first-order valence-corrected chi connectivity index (χ1v) is 7.89. The van der Waals surface area contributed by atoms with E-state index in [1.807, 2.05) is 54.6 Å². The maximum atomic E-state index is 12.9. The average Bonchev–Trinajstić information content (AvgIpc) is 3.10. The molecule has 1 atom stereocenters. The second kappa shape index (κ2) is 5.90. The summed E-state index contributed by atoms with van der Waals surface area (Å²) in [6.45, 7) is 1.70. The lowest BCUT2D eigenvalue weighted by atomic mass is 10.0. The molecule has 0 saturated carbocycles. The Hall–Kier alpha value is -3.41. The number of amides is 1. The lowest BCUT2D eigenvalue weighted by Crippen LogP contribution is -2.45. The Balaban J connectivity index is 1.89. The van der Waals surface area contributed by atoms with Crippen LogP contribution in [0.3, 0.4) is 0 Å². The molecule has 2 aromatic carbocycles. The van der Waals surface area contributed by atoms with E-state index in [1.54, 1.807) is 6.92 Å². The molecule has 0 bridgehead atoms. The van der Waals surface area contributed by atoms with Crippen LogP contribution in [0.25, 0.3) is 0 Å². The number of hydrogen-bond donors (Lipinski definition) is 2. The number of aliphatic imine (C=N–C) groups is 1. The van der Waals surface area contributed by atoms with Gasteiger partial charge in [-0.25, -0.2) is 9.98 Å². The zero-order valence-corrected chi connectivity index (χ0v) is 13.6. The zero-order valence-electron chi connectivity index (χ0n) is 13.6. The molecule has 1 aromatic heterocycles. The number of carbonyl (C=O) groups is 1. The van der Waals surface area contributed by atoms with Crippen molar-refractivity contribution in [2.45, 2.75) is 12.6 Å². The van der Waals surface area contributed by atoms with Gasteiger partial charge < -0.3 is 15.1 Å². The minimum absolute atomic E-state index is 0.236. The van der Waals surface area contributed by atoms with Crippen LogP contribution in [0.5, 0.6) is 0 Å². The molecule has 0 fully saturated rings. The fraction of sp³-hybridized carbons (Fsp3) is 0.105. The van der Waals surface area contributed by atoms with E-state index in [-0.39, 0.29) is 11.9 Å². The number of anilines is 2. The Morgan fingerprint density at radius 1 is 1.08 bits per heavy atom. The fourth-order valence-electron chi connectivity index (χ4n) is 2.77. The quantitative estimate of drug-likeness (QED) is 0.771. The van der Waals surface area contributed by atoms with E-state index in [9.17, 15) is 4.79 Å². The minimum Gasteiger partial charge on any atom is -0.432 e. The molecule has 4 rings (SSSR count). The number of benzene rings is 2. The van der Waals surface area contributed by atoms with E-state index >= 15 is 0 Å². The van der Waals surface area contributed by atoms with Crippen molar-refractivity contribution in [3.8, 4) is 0 Å². The largest absolute Gasteiger partial charge is 0.432 e. The number of para-hydroxylation sites is 1. The molecule has 2 heterocycles. The molecule has 0 saturated heterocycles. The van der Waals surface area contributed by atoms with Gasteiger partial charge in [-0.2, -0.15) is 0 Å². The molecule has 6 nitrogen and oxygen atoms in total. The number of benzodiazepines with no additional fused rings is 1. The summed E-state index contributed by atoms with van der Waals surface area (Å²) in [5, 5.41) is 5.92. The summed E-state index contributed by atoms with van der Waals surface area (Å²) in [7, 11) is 0. The second-order valence-corrected chi connectivity index (χ2v) is 5.86. The predicted octanol–water partition coefficient (Wildman–Crippen LogP) is 3.29. The van der Waals surface area contributed by atoms with Gasteiger partial charge in [0, 0.05) is 11.1 Å². The van der Waals surface area contributed by atoms with E-state index in [0.717, 1.165) is 16.8 Å². The van der Waals surface area contributed by atoms with E-state index in [4.69, 9.17) is 9.41 Å². The summed E-state index contributed by atoms with van der Waals surface area (Å²) in [4.78, 5) is 21.7. The maximum Gasteiger partial charge on any atom is 0.296 e. The van der Waals surface area contributed by atoms with Crippen molar-refractivity contribution in [3.05, 3.63) is 78.2 Å². The molecule has 1 unspecified atom stereocenters. The van der Waals surface area contributed by atoms with Crippen LogP contribution in [0.1, 0.15) is 18.1 Å². The highest BCUT2D eigenvalue weighted by Crippen LogP contribution is 2.28. The highest BCUT2D eigenvalue weighted by atomic mass is 16.4. The number of nitrogens with zero attached hydrogens (tertiary/aromatic N) is 2. The van der Waals surface area contributed by atoms with E-state index in [1.165, 1.54) is 12.5 Å². The van der Waals surface area contributed by atoms with Crippen molar-refractivity contribution >= 4 is 23.3 Å². The van der Waals surface area contributed by atoms with Crippen LogP contribution in [0, 0.1) is 0 Å². The van der Waals surface area contributed by atoms with Gasteiger partial charge in [-0.15, -0.1) is 0 Å². The Labute approximate surface area is 144 Å². The van der Waals surface area contributed by atoms with E-state index in [2.05, 4.69) is 15.6 Å². The van der Waals surface area contributed by atoms with Crippen LogP contribution in [-0.2, 0) is 4.79 Å². The number of aromatic nitrogens is 1. The van der Waals surface area contributed by atoms with Crippen molar-refractivity contribution in [3.63, 3.8) is 0 Å². The smallest absolute Gasteiger partial charge is 0.296 e. The number of oxazole rings is 1. The lowest BCUT2D eigenvalue weighted by molar-refractivity contribution is -0.119. The predicted molar refractivity (Wildman–Crippen MR) is 95.7 cm³/mol. The topological polar surface area (TPSA) is 79.5 Å². The minimum atomic E-state index is -1.27. The number of hydrogen-bond acceptors (Lipinski definition) is 5. The average molecular weight is 332 g/mol. The van der Waals surface area contributed by atoms with E-state index < -0.39 is 5.66 Å². The molecular formula is C19H16N4O2. The summed E-state index contributed by atoms with van der Waals surface area (Å²) in [6.07, 6.45) is 2.95. The van der Waals surface area contributed by atoms with Crippen molar-refractivity contribution in [2.75, 3.05) is 10.6 Å². The summed E-state index contributed by atoms with van der Waals surface area (Å²) in [5.41, 5.74) is 1.95. The zero-order chi connectivity index (χ0) is 17.3. The SMILES string of the molecule is CC1(Nc2ncco2)N=C(c2ccccc2)c2ccccc2NC1=O. The highest BCUT2D eigenvalue weighted by molar-refractivity contribution is 6.20. The standard InChI is InChI=1S/C19H16N4O2/c1-19(23-18-20-11-12-25-18)17(24)21-15-10-6-5-9-14(15)16(22-19)13-7-3-2-4-8-13/h2-12H,1H3,(H,20,23)(H,21,24). The molecule has 1 aliphatic heterocycles. The van der Waals surface area contributed by atoms with Crippen LogP contribution in [0.4, 0.5) is 11.7 Å². The van der Waals surface area contributed by atoms with Gasteiger partial charge in [0.25, 0.3) is 11.9 Å². The lowest BCUT2D eigenvalue weighted by Gasteiger charge is -2.23. The van der Waals surface area contributed by atoms with Crippen LogP contribution in [-0.4, -0.2) is 22.3 Å². The highest BCUT2D eigenvalue weighted by Gasteiger charge is 2.37. The number of fused-ring (bicyclic) bond motifs is 1. The Bertz CT molecular complexity index is 935. The van der Waals surface area contributed by atoms with Crippen molar-refractivity contribution < 1.29 is 9.21 Å². The molecule has 0 aliphatic carbocycles. The molecule has 1 amide bonds. The van der Waals surface area contributed by atoms with Gasteiger partial charge in [0.15, 0.2) is 0 Å². The van der Waals surface area contributed by atoms with Gasteiger partial charge in [-0.1, -0.05) is 48.5 Å². The molecule has 0 spiro atoms. The molecule has 3 aromatic rings. The van der Waals surface area contributed by atoms with Crippen molar-refractivity contribution in [1.29, 1.82) is 0 Å².